The van der Waals surface area contributed by atoms with Crippen molar-refractivity contribution in [2.75, 3.05) is 44.7 Å². The SMILES string of the molecule is O=C(Cc1cn(-c2ccc(Nc3nccc4ccccc34)nn2)c2ccccc12)NCCN1CCOCC1. The van der Waals surface area contributed by atoms with Crippen molar-refractivity contribution < 1.29 is 9.53 Å². The van der Waals surface area contributed by atoms with E-state index in [4.69, 9.17) is 4.74 Å². The van der Waals surface area contributed by atoms with Gasteiger partial charge in [-0.3, -0.25) is 14.3 Å². The molecule has 0 saturated carbocycles. The molecule has 1 amide bonds. The highest BCUT2D eigenvalue weighted by atomic mass is 16.5. The average molecular weight is 508 g/mol. The molecule has 3 aromatic heterocycles. The van der Waals surface area contributed by atoms with Crippen LogP contribution < -0.4 is 10.6 Å². The van der Waals surface area contributed by atoms with E-state index in [9.17, 15) is 4.79 Å². The third kappa shape index (κ3) is 5.20. The summed E-state index contributed by atoms with van der Waals surface area (Å²) in [5, 5.41) is 18.4. The number of anilines is 2. The van der Waals surface area contributed by atoms with Gasteiger partial charge in [-0.25, -0.2) is 4.98 Å². The molecule has 1 aliphatic heterocycles. The van der Waals surface area contributed by atoms with Crippen LogP contribution in [0.2, 0.25) is 0 Å². The quantitative estimate of drug-likeness (QED) is 0.331. The number of hydrogen-bond donors (Lipinski definition) is 2. The van der Waals surface area contributed by atoms with E-state index in [1.807, 2.05) is 71.4 Å². The highest BCUT2D eigenvalue weighted by Gasteiger charge is 2.15. The zero-order chi connectivity index (χ0) is 25.7. The first-order chi connectivity index (χ1) is 18.7. The number of carbonyl (C=O) groups excluding carboxylic acids is 1. The van der Waals surface area contributed by atoms with Crippen molar-refractivity contribution in [3.8, 4) is 5.82 Å². The van der Waals surface area contributed by atoms with E-state index >= 15 is 0 Å². The molecule has 1 fully saturated rings. The van der Waals surface area contributed by atoms with Crippen molar-refractivity contribution in [3.05, 3.63) is 84.7 Å². The molecule has 0 aliphatic carbocycles. The van der Waals surface area contributed by atoms with Crippen molar-refractivity contribution in [3.63, 3.8) is 0 Å². The van der Waals surface area contributed by atoms with E-state index in [-0.39, 0.29) is 5.91 Å². The minimum absolute atomic E-state index is 0.00869. The second-order valence-corrected chi connectivity index (χ2v) is 9.30. The van der Waals surface area contributed by atoms with Crippen molar-refractivity contribution in [1.82, 2.24) is 30.0 Å². The first kappa shape index (κ1) is 24.0. The summed E-state index contributed by atoms with van der Waals surface area (Å²) in [5.41, 5.74) is 1.93. The maximum absolute atomic E-state index is 12.7. The largest absolute Gasteiger partial charge is 0.379 e. The normalized spacial score (nSPS) is 14.1. The van der Waals surface area contributed by atoms with E-state index in [0.29, 0.717) is 24.6 Å². The lowest BCUT2D eigenvalue weighted by molar-refractivity contribution is -0.120. The minimum atomic E-state index is 0.00869. The molecular weight excluding hydrogens is 478 g/mol. The maximum atomic E-state index is 12.7. The molecule has 2 N–H and O–H groups in total. The fourth-order valence-electron chi connectivity index (χ4n) is 4.86. The average Bonchev–Trinajstić information content (AvgIpc) is 3.32. The number of nitrogens with one attached hydrogen (secondary N) is 2. The fourth-order valence-corrected chi connectivity index (χ4v) is 4.86. The first-order valence-corrected chi connectivity index (χ1v) is 12.9. The Balaban J connectivity index is 1.17. The lowest BCUT2D eigenvalue weighted by Crippen LogP contribution is -2.41. The van der Waals surface area contributed by atoms with Crippen molar-refractivity contribution in [1.29, 1.82) is 0 Å². The second kappa shape index (κ2) is 11.0. The zero-order valence-electron chi connectivity index (χ0n) is 21.0. The molecule has 0 unspecified atom stereocenters. The molecule has 0 radical (unpaired) electrons. The summed E-state index contributed by atoms with van der Waals surface area (Å²) in [6.45, 7) is 4.80. The minimum Gasteiger partial charge on any atom is -0.379 e. The number of para-hydroxylation sites is 1. The van der Waals surface area contributed by atoms with Crippen molar-refractivity contribution in [2.24, 2.45) is 0 Å². The number of hydrogen-bond acceptors (Lipinski definition) is 7. The Morgan fingerprint density at radius 3 is 2.58 bits per heavy atom. The van der Waals surface area contributed by atoms with Gasteiger partial charge in [0, 0.05) is 49.3 Å². The lowest BCUT2D eigenvalue weighted by atomic mass is 10.1. The molecule has 1 aliphatic rings. The third-order valence-electron chi connectivity index (χ3n) is 6.82. The number of ether oxygens (including phenoxy) is 1. The van der Waals surface area contributed by atoms with E-state index in [1.165, 1.54) is 0 Å². The topological polar surface area (TPSA) is 97.2 Å². The molecule has 9 heteroatoms. The third-order valence-corrected chi connectivity index (χ3v) is 6.82. The standard InChI is InChI=1S/C29H29N7O2/c37-28(30-13-14-35-15-17-38-18-16-35)19-22-20-36(25-8-4-3-6-23(22)25)27-10-9-26(33-34-27)32-29-24-7-2-1-5-21(24)11-12-31-29/h1-12,20H,13-19H2,(H,30,37)(H,31,32,33). The molecule has 0 bridgehead atoms. The Bertz CT molecular complexity index is 1550. The number of morpholine rings is 1. The van der Waals surface area contributed by atoms with Gasteiger partial charge in [-0.05, 0) is 35.2 Å². The van der Waals surface area contributed by atoms with E-state index in [0.717, 1.165) is 65.9 Å². The zero-order valence-corrected chi connectivity index (χ0v) is 21.0. The highest BCUT2D eigenvalue weighted by molar-refractivity contribution is 5.93. The summed E-state index contributed by atoms with van der Waals surface area (Å²) in [4.78, 5) is 19.5. The Morgan fingerprint density at radius 2 is 1.74 bits per heavy atom. The summed E-state index contributed by atoms with van der Waals surface area (Å²) in [7, 11) is 0. The monoisotopic (exact) mass is 507 g/mol. The molecule has 38 heavy (non-hydrogen) atoms. The van der Waals surface area contributed by atoms with Gasteiger partial charge >= 0.3 is 0 Å². The van der Waals surface area contributed by atoms with Crippen LogP contribution in [0.4, 0.5) is 11.6 Å². The van der Waals surface area contributed by atoms with Gasteiger partial charge in [-0.15, -0.1) is 10.2 Å². The van der Waals surface area contributed by atoms with Gasteiger partial charge in [-0.1, -0.05) is 42.5 Å². The van der Waals surface area contributed by atoms with Gasteiger partial charge < -0.3 is 15.4 Å². The molecule has 5 aromatic rings. The Morgan fingerprint density at radius 1 is 0.921 bits per heavy atom. The van der Waals surface area contributed by atoms with E-state index in [1.54, 1.807) is 6.20 Å². The molecule has 0 spiro atoms. The maximum Gasteiger partial charge on any atom is 0.224 e. The van der Waals surface area contributed by atoms with Gasteiger partial charge in [0.25, 0.3) is 0 Å². The molecular formula is C29H29N7O2. The number of amides is 1. The van der Waals surface area contributed by atoms with Crippen LogP contribution in [0.15, 0.2) is 79.1 Å². The predicted octanol–water partition coefficient (Wildman–Crippen LogP) is 3.70. The molecule has 2 aromatic carbocycles. The van der Waals surface area contributed by atoms with Crippen molar-refractivity contribution >= 4 is 39.2 Å². The van der Waals surface area contributed by atoms with Crippen LogP contribution in [-0.4, -0.2) is 69.9 Å². The van der Waals surface area contributed by atoms with Gasteiger partial charge in [0.1, 0.15) is 5.82 Å². The van der Waals surface area contributed by atoms with Crippen LogP contribution in [0.3, 0.4) is 0 Å². The molecule has 4 heterocycles. The molecule has 6 rings (SSSR count). The Kier molecular flexibility index (Phi) is 6.93. The number of nitrogens with zero attached hydrogens (tertiary/aromatic N) is 5. The van der Waals surface area contributed by atoms with E-state index < -0.39 is 0 Å². The van der Waals surface area contributed by atoms with Crippen LogP contribution >= 0.6 is 0 Å². The van der Waals surface area contributed by atoms with Crippen LogP contribution in [0, 0.1) is 0 Å². The molecule has 1 saturated heterocycles. The van der Waals surface area contributed by atoms with Gasteiger partial charge in [0.2, 0.25) is 5.91 Å². The van der Waals surface area contributed by atoms with Gasteiger partial charge in [0.05, 0.1) is 25.2 Å². The first-order valence-electron chi connectivity index (χ1n) is 12.9. The molecule has 192 valence electrons. The van der Waals surface area contributed by atoms with Crippen LogP contribution in [0.5, 0.6) is 0 Å². The number of fused-ring (bicyclic) bond motifs is 2. The Labute approximate surface area is 220 Å². The van der Waals surface area contributed by atoms with Crippen LogP contribution in [0.1, 0.15) is 5.56 Å². The van der Waals surface area contributed by atoms with Crippen LogP contribution in [-0.2, 0) is 16.0 Å². The summed E-state index contributed by atoms with van der Waals surface area (Å²) >= 11 is 0. The number of aromatic nitrogens is 4. The molecule has 0 atom stereocenters. The summed E-state index contributed by atoms with van der Waals surface area (Å²) in [5.74, 6) is 2.03. The van der Waals surface area contributed by atoms with Crippen LogP contribution in [0.25, 0.3) is 27.5 Å². The number of benzene rings is 2. The summed E-state index contributed by atoms with van der Waals surface area (Å²) in [6, 6.07) is 21.9. The highest BCUT2D eigenvalue weighted by Crippen LogP contribution is 2.26. The predicted molar refractivity (Wildman–Crippen MR) is 148 cm³/mol. The van der Waals surface area contributed by atoms with Crippen molar-refractivity contribution in [2.45, 2.75) is 6.42 Å². The Hall–Kier alpha value is -4.34. The number of rotatable bonds is 8. The second-order valence-electron chi connectivity index (χ2n) is 9.30. The lowest BCUT2D eigenvalue weighted by Gasteiger charge is -2.26. The summed E-state index contributed by atoms with van der Waals surface area (Å²) < 4.78 is 7.37. The smallest absolute Gasteiger partial charge is 0.224 e. The molecule has 9 nitrogen and oxygen atoms in total. The van der Waals surface area contributed by atoms with E-state index in [2.05, 4.69) is 36.8 Å². The summed E-state index contributed by atoms with van der Waals surface area (Å²) in [6.07, 6.45) is 4.06. The number of pyridine rings is 1. The fraction of sp³-hybridized carbons (Fsp3) is 0.241. The van der Waals surface area contributed by atoms with Gasteiger partial charge in [-0.2, -0.15) is 0 Å². The number of carbonyl (C=O) groups is 1. The van der Waals surface area contributed by atoms with Gasteiger partial charge in [0.15, 0.2) is 11.6 Å².